The molecule has 0 radical (unpaired) electrons. The van der Waals surface area contributed by atoms with Gasteiger partial charge in [0.05, 0.1) is 0 Å². The van der Waals surface area contributed by atoms with Crippen LogP contribution in [0.5, 0.6) is 0 Å². The molecule has 1 saturated heterocycles. The number of hydrogen-bond acceptors (Lipinski definition) is 5. The van der Waals surface area contributed by atoms with Gasteiger partial charge < -0.3 is 14.2 Å². The van der Waals surface area contributed by atoms with E-state index in [1.54, 1.807) is 0 Å². The molecule has 0 aromatic rings. The van der Waals surface area contributed by atoms with Crippen LogP contribution in [-0.4, -0.2) is 29.9 Å². The van der Waals surface area contributed by atoms with Crippen molar-refractivity contribution in [2.24, 2.45) is 5.92 Å². The first kappa shape index (κ1) is 14.5. The van der Waals surface area contributed by atoms with Crippen LogP contribution in [0.1, 0.15) is 34.1 Å². The normalized spacial score (nSPS) is 34.7. The second kappa shape index (κ2) is 5.40. The van der Waals surface area contributed by atoms with Crippen LogP contribution in [0.15, 0.2) is 0 Å². The summed E-state index contributed by atoms with van der Waals surface area (Å²) in [6, 6.07) is 0. The predicted octanol–water partition coefficient (Wildman–Crippen LogP) is 1.26. The van der Waals surface area contributed by atoms with Gasteiger partial charge in [-0.05, 0) is 6.42 Å². The Labute approximate surface area is 107 Å². The molecule has 1 aliphatic heterocycles. The van der Waals surface area contributed by atoms with Crippen LogP contribution in [0.3, 0.4) is 0 Å². The van der Waals surface area contributed by atoms with Gasteiger partial charge in [-0.2, -0.15) is 0 Å². The molecule has 1 heterocycles. The largest absolute Gasteiger partial charge is 0.455 e. The van der Waals surface area contributed by atoms with Crippen molar-refractivity contribution in [2.75, 3.05) is 0 Å². The van der Waals surface area contributed by atoms with Crippen LogP contribution in [0.25, 0.3) is 0 Å². The second-order valence-electron chi connectivity index (χ2n) is 4.35. The minimum atomic E-state index is -0.947. The predicted molar refractivity (Wildman–Crippen MR) is 63.2 cm³/mol. The molecule has 0 aromatic heterocycles. The highest BCUT2D eigenvalue weighted by Gasteiger charge is 2.54. The van der Waals surface area contributed by atoms with Crippen molar-refractivity contribution < 1.29 is 23.8 Å². The van der Waals surface area contributed by atoms with Crippen molar-refractivity contribution in [2.45, 2.75) is 52.1 Å². The highest BCUT2D eigenvalue weighted by Crippen LogP contribution is 2.40. The van der Waals surface area contributed by atoms with Gasteiger partial charge in [-0.15, -0.1) is 6.42 Å². The molecule has 0 bridgehead atoms. The van der Waals surface area contributed by atoms with E-state index in [-0.39, 0.29) is 5.92 Å². The fraction of sp³-hybridized carbons (Fsp3) is 0.692. The standard InChI is InChI=1S/C13H18O5/c1-6-13(7-2)8(3)11(16-9(4)14)12(18-13)17-10(5)15/h1,8,11-12H,7H2,2-5H3/t8?,11-,12?,13+/m0/s1. The minimum absolute atomic E-state index is 0.249. The lowest BCUT2D eigenvalue weighted by molar-refractivity contribution is -0.199. The SMILES string of the molecule is C#C[C@]1(CC)OC(OC(C)=O)[C@@H](OC(C)=O)C1C. The molecule has 0 aliphatic carbocycles. The van der Waals surface area contributed by atoms with Crippen LogP contribution < -0.4 is 0 Å². The van der Waals surface area contributed by atoms with Crippen molar-refractivity contribution in [3.05, 3.63) is 0 Å². The van der Waals surface area contributed by atoms with Gasteiger partial charge in [0.2, 0.25) is 6.29 Å². The van der Waals surface area contributed by atoms with Gasteiger partial charge in [0, 0.05) is 19.8 Å². The summed E-state index contributed by atoms with van der Waals surface area (Å²) in [5, 5.41) is 0. The fourth-order valence-electron chi connectivity index (χ4n) is 2.16. The summed E-state index contributed by atoms with van der Waals surface area (Å²) in [5.41, 5.74) is -0.875. The van der Waals surface area contributed by atoms with Gasteiger partial charge in [0.15, 0.2) is 6.10 Å². The van der Waals surface area contributed by atoms with E-state index in [1.807, 2.05) is 13.8 Å². The van der Waals surface area contributed by atoms with Crippen LogP contribution in [-0.2, 0) is 23.8 Å². The summed E-state index contributed by atoms with van der Waals surface area (Å²) >= 11 is 0. The Morgan fingerprint density at radius 3 is 2.28 bits per heavy atom. The third-order valence-corrected chi connectivity index (χ3v) is 3.18. The molecule has 4 atom stereocenters. The zero-order chi connectivity index (χ0) is 13.9. The zero-order valence-electron chi connectivity index (χ0n) is 11.1. The third-order valence-electron chi connectivity index (χ3n) is 3.18. The number of terminal acetylenes is 1. The molecule has 1 fully saturated rings. The molecule has 1 aliphatic rings. The van der Waals surface area contributed by atoms with Crippen molar-refractivity contribution >= 4 is 11.9 Å². The van der Waals surface area contributed by atoms with E-state index in [4.69, 9.17) is 20.6 Å². The number of ether oxygens (including phenoxy) is 3. The van der Waals surface area contributed by atoms with E-state index < -0.39 is 29.9 Å². The van der Waals surface area contributed by atoms with Crippen molar-refractivity contribution in [3.63, 3.8) is 0 Å². The lowest BCUT2D eigenvalue weighted by Crippen LogP contribution is -2.36. The van der Waals surface area contributed by atoms with E-state index in [0.717, 1.165) is 0 Å². The maximum atomic E-state index is 11.1. The first-order valence-corrected chi connectivity index (χ1v) is 5.86. The molecular formula is C13H18O5. The van der Waals surface area contributed by atoms with Crippen molar-refractivity contribution in [1.82, 2.24) is 0 Å². The van der Waals surface area contributed by atoms with Gasteiger partial charge >= 0.3 is 11.9 Å². The monoisotopic (exact) mass is 254 g/mol. The van der Waals surface area contributed by atoms with Crippen LogP contribution in [0.2, 0.25) is 0 Å². The van der Waals surface area contributed by atoms with Gasteiger partial charge in [-0.25, -0.2) is 0 Å². The van der Waals surface area contributed by atoms with Crippen LogP contribution in [0.4, 0.5) is 0 Å². The average molecular weight is 254 g/mol. The molecule has 2 unspecified atom stereocenters. The first-order valence-electron chi connectivity index (χ1n) is 5.86. The van der Waals surface area contributed by atoms with E-state index in [0.29, 0.717) is 6.42 Å². The van der Waals surface area contributed by atoms with Gasteiger partial charge in [-0.3, -0.25) is 9.59 Å². The Hall–Kier alpha value is -1.54. The Morgan fingerprint density at radius 2 is 1.89 bits per heavy atom. The minimum Gasteiger partial charge on any atom is -0.455 e. The zero-order valence-corrected chi connectivity index (χ0v) is 11.1. The lowest BCUT2D eigenvalue weighted by Gasteiger charge is -2.25. The van der Waals surface area contributed by atoms with E-state index >= 15 is 0 Å². The smallest absolute Gasteiger partial charge is 0.305 e. The first-order chi connectivity index (χ1) is 8.36. The summed E-state index contributed by atoms with van der Waals surface area (Å²) in [4.78, 5) is 22.1. The van der Waals surface area contributed by atoms with Crippen molar-refractivity contribution in [3.8, 4) is 12.3 Å². The number of rotatable bonds is 3. The fourth-order valence-corrected chi connectivity index (χ4v) is 2.16. The number of hydrogen-bond donors (Lipinski definition) is 0. The highest BCUT2D eigenvalue weighted by molar-refractivity contribution is 5.67. The molecule has 100 valence electrons. The van der Waals surface area contributed by atoms with Crippen LogP contribution >= 0.6 is 0 Å². The Balaban J connectivity index is 2.99. The molecular weight excluding hydrogens is 236 g/mol. The Morgan fingerprint density at radius 1 is 1.33 bits per heavy atom. The molecule has 0 N–H and O–H groups in total. The molecule has 5 nitrogen and oxygen atoms in total. The van der Waals surface area contributed by atoms with Crippen molar-refractivity contribution in [1.29, 1.82) is 0 Å². The molecule has 0 aromatic carbocycles. The molecule has 18 heavy (non-hydrogen) atoms. The summed E-state index contributed by atoms with van der Waals surface area (Å²) in [6.45, 7) is 6.25. The summed E-state index contributed by atoms with van der Waals surface area (Å²) < 4.78 is 15.8. The summed E-state index contributed by atoms with van der Waals surface area (Å²) in [7, 11) is 0. The third kappa shape index (κ3) is 2.65. The quantitative estimate of drug-likeness (QED) is 0.560. The summed E-state index contributed by atoms with van der Waals surface area (Å²) in [5.74, 6) is 1.36. The Bertz CT molecular complexity index is 383. The maximum Gasteiger partial charge on any atom is 0.305 e. The topological polar surface area (TPSA) is 61.8 Å². The lowest BCUT2D eigenvalue weighted by atomic mass is 9.85. The number of carbonyl (C=O) groups is 2. The van der Waals surface area contributed by atoms with E-state index in [2.05, 4.69) is 5.92 Å². The summed E-state index contributed by atoms with van der Waals surface area (Å²) in [6.07, 6.45) is 4.42. The van der Waals surface area contributed by atoms with Crippen LogP contribution in [0, 0.1) is 18.3 Å². The van der Waals surface area contributed by atoms with E-state index in [9.17, 15) is 9.59 Å². The molecule has 5 heteroatoms. The maximum absolute atomic E-state index is 11.1. The molecule has 0 saturated carbocycles. The molecule has 0 spiro atoms. The number of esters is 2. The average Bonchev–Trinajstić information content (AvgIpc) is 2.53. The van der Waals surface area contributed by atoms with E-state index in [1.165, 1.54) is 13.8 Å². The molecule has 0 amide bonds. The van der Waals surface area contributed by atoms with Gasteiger partial charge in [0.1, 0.15) is 5.60 Å². The highest BCUT2D eigenvalue weighted by atomic mass is 16.7. The molecule has 1 rings (SSSR count). The van der Waals surface area contributed by atoms with Gasteiger partial charge in [-0.1, -0.05) is 19.8 Å². The Kier molecular flexibility index (Phi) is 4.36. The number of carbonyl (C=O) groups excluding carboxylic acids is 2. The second-order valence-corrected chi connectivity index (χ2v) is 4.35. The van der Waals surface area contributed by atoms with Gasteiger partial charge in [0.25, 0.3) is 0 Å².